The number of esters is 1. The van der Waals surface area contributed by atoms with Gasteiger partial charge in [-0.05, 0) is 29.3 Å². The van der Waals surface area contributed by atoms with Gasteiger partial charge in [0.1, 0.15) is 11.5 Å². The average molecular weight is 454 g/mol. The van der Waals surface area contributed by atoms with E-state index in [4.69, 9.17) is 9.15 Å². The third-order valence-electron chi connectivity index (χ3n) is 5.29. The Morgan fingerprint density at radius 2 is 1.47 bits per heavy atom. The molecule has 3 aromatic carbocycles. The fourth-order valence-corrected chi connectivity index (χ4v) is 3.58. The molecule has 0 saturated heterocycles. The number of rotatable bonds is 7. The van der Waals surface area contributed by atoms with E-state index in [0.29, 0.717) is 33.8 Å². The van der Waals surface area contributed by atoms with Crippen LogP contribution >= 0.6 is 0 Å². The van der Waals surface area contributed by atoms with Crippen LogP contribution in [0.2, 0.25) is 0 Å². The SMILES string of the molecule is COC(=O)c1ccccc1-c1ccc(C=NNC(=O)C(O)(c2ccccc2)c2ccccc2)o1. The number of furan rings is 1. The molecule has 170 valence electrons. The summed E-state index contributed by atoms with van der Waals surface area (Å²) in [7, 11) is 1.31. The Balaban J connectivity index is 1.55. The van der Waals surface area contributed by atoms with Gasteiger partial charge in [0.2, 0.25) is 0 Å². The van der Waals surface area contributed by atoms with Crippen molar-refractivity contribution in [1.82, 2.24) is 5.43 Å². The molecule has 1 aromatic heterocycles. The summed E-state index contributed by atoms with van der Waals surface area (Å²) in [6.07, 6.45) is 1.32. The van der Waals surface area contributed by atoms with E-state index in [9.17, 15) is 14.7 Å². The number of nitrogens with one attached hydrogen (secondary N) is 1. The lowest BCUT2D eigenvalue weighted by atomic mass is 9.85. The number of methoxy groups -OCH3 is 1. The number of carbonyl (C=O) groups excluding carboxylic acids is 2. The second-order valence-electron chi connectivity index (χ2n) is 7.38. The van der Waals surface area contributed by atoms with Crippen molar-refractivity contribution >= 4 is 18.1 Å². The molecular weight excluding hydrogens is 432 g/mol. The van der Waals surface area contributed by atoms with Gasteiger partial charge in [-0.25, -0.2) is 10.2 Å². The molecule has 0 bridgehead atoms. The van der Waals surface area contributed by atoms with E-state index in [1.165, 1.54) is 13.3 Å². The van der Waals surface area contributed by atoms with Crippen LogP contribution in [0.3, 0.4) is 0 Å². The van der Waals surface area contributed by atoms with Gasteiger partial charge in [-0.15, -0.1) is 0 Å². The van der Waals surface area contributed by atoms with Crippen molar-refractivity contribution in [3.63, 3.8) is 0 Å². The van der Waals surface area contributed by atoms with Gasteiger partial charge in [0.05, 0.1) is 18.9 Å². The number of benzene rings is 3. The van der Waals surface area contributed by atoms with Crippen molar-refractivity contribution in [1.29, 1.82) is 0 Å². The van der Waals surface area contributed by atoms with Crippen LogP contribution in [0.4, 0.5) is 0 Å². The van der Waals surface area contributed by atoms with E-state index >= 15 is 0 Å². The van der Waals surface area contributed by atoms with Crippen LogP contribution in [0.15, 0.2) is 107 Å². The first-order valence-electron chi connectivity index (χ1n) is 10.5. The molecule has 0 spiro atoms. The van der Waals surface area contributed by atoms with Gasteiger partial charge in [0, 0.05) is 5.56 Å². The minimum absolute atomic E-state index is 0.345. The van der Waals surface area contributed by atoms with Crippen LogP contribution in [0.25, 0.3) is 11.3 Å². The van der Waals surface area contributed by atoms with E-state index in [2.05, 4.69) is 10.5 Å². The third-order valence-corrected chi connectivity index (χ3v) is 5.29. The molecule has 0 aliphatic carbocycles. The molecule has 0 aliphatic heterocycles. The molecule has 0 saturated carbocycles. The number of aliphatic hydroxyl groups is 1. The Morgan fingerprint density at radius 3 is 2.09 bits per heavy atom. The fourth-order valence-electron chi connectivity index (χ4n) is 3.58. The molecule has 0 atom stereocenters. The highest BCUT2D eigenvalue weighted by atomic mass is 16.5. The molecule has 1 heterocycles. The molecule has 0 fully saturated rings. The number of ether oxygens (including phenoxy) is 1. The lowest BCUT2D eigenvalue weighted by molar-refractivity contribution is -0.136. The lowest BCUT2D eigenvalue weighted by Crippen LogP contribution is -2.43. The normalized spacial score (nSPS) is 11.4. The standard InChI is InChI=1S/C27H22N2O5/c1-33-25(30)23-15-9-8-14-22(23)24-17-16-21(34-24)18-28-29-26(31)27(32,19-10-4-2-5-11-19)20-12-6-3-7-13-20/h2-18,32H,1H3,(H,29,31). The lowest BCUT2D eigenvalue weighted by Gasteiger charge is -2.26. The van der Waals surface area contributed by atoms with Crippen LogP contribution in [-0.2, 0) is 15.1 Å². The first-order valence-corrected chi connectivity index (χ1v) is 10.5. The van der Waals surface area contributed by atoms with E-state index in [1.54, 1.807) is 97.1 Å². The number of amides is 1. The first kappa shape index (κ1) is 22.7. The van der Waals surface area contributed by atoms with Gasteiger partial charge >= 0.3 is 5.97 Å². The van der Waals surface area contributed by atoms with E-state index < -0.39 is 17.5 Å². The predicted molar refractivity (Wildman–Crippen MR) is 127 cm³/mol. The van der Waals surface area contributed by atoms with Gasteiger partial charge in [-0.1, -0.05) is 78.9 Å². The number of nitrogens with zero attached hydrogens (tertiary/aromatic N) is 1. The molecule has 0 radical (unpaired) electrons. The van der Waals surface area contributed by atoms with Gasteiger partial charge < -0.3 is 14.3 Å². The van der Waals surface area contributed by atoms with Gasteiger partial charge in [0.25, 0.3) is 5.91 Å². The van der Waals surface area contributed by atoms with E-state index in [0.717, 1.165) is 0 Å². The quantitative estimate of drug-likeness (QED) is 0.249. The topological polar surface area (TPSA) is 101 Å². The maximum atomic E-state index is 13.1. The third kappa shape index (κ3) is 4.51. The number of hydrazone groups is 1. The smallest absolute Gasteiger partial charge is 0.338 e. The average Bonchev–Trinajstić information content (AvgIpc) is 3.37. The summed E-state index contributed by atoms with van der Waals surface area (Å²) < 4.78 is 10.6. The van der Waals surface area contributed by atoms with Crippen LogP contribution < -0.4 is 5.43 Å². The summed E-state index contributed by atoms with van der Waals surface area (Å²) in [5.74, 6) is -0.406. The first-order chi connectivity index (χ1) is 16.5. The molecule has 1 amide bonds. The van der Waals surface area contributed by atoms with Crippen molar-refractivity contribution in [2.24, 2.45) is 5.10 Å². The summed E-state index contributed by atoms with van der Waals surface area (Å²) in [5.41, 5.74) is 2.22. The van der Waals surface area contributed by atoms with Gasteiger partial charge in [-0.3, -0.25) is 4.79 Å². The maximum Gasteiger partial charge on any atom is 0.338 e. The zero-order valence-corrected chi connectivity index (χ0v) is 18.3. The molecule has 4 aromatic rings. The fraction of sp³-hybridized carbons (Fsp3) is 0.0741. The number of carbonyl (C=O) groups is 2. The molecule has 7 heteroatoms. The Labute approximate surface area is 196 Å². The minimum Gasteiger partial charge on any atom is -0.465 e. The Bertz CT molecular complexity index is 1270. The highest BCUT2D eigenvalue weighted by Crippen LogP contribution is 2.30. The second-order valence-corrected chi connectivity index (χ2v) is 7.38. The summed E-state index contributed by atoms with van der Waals surface area (Å²) in [6, 6.07) is 27.5. The van der Waals surface area contributed by atoms with Crippen molar-refractivity contribution in [2.45, 2.75) is 5.60 Å². The largest absolute Gasteiger partial charge is 0.465 e. The summed E-state index contributed by atoms with van der Waals surface area (Å²) in [4.78, 5) is 25.1. The maximum absolute atomic E-state index is 13.1. The number of hydrogen-bond donors (Lipinski definition) is 2. The molecule has 0 aliphatic rings. The van der Waals surface area contributed by atoms with Gasteiger partial charge in [0.15, 0.2) is 5.60 Å². The van der Waals surface area contributed by atoms with Crippen molar-refractivity contribution in [2.75, 3.05) is 7.11 Å². The summed E-state index contributed by atoms with van der Waals surface area (Å²) in [5, 5.41) is 15.4. The van der Waals surface area contributed by atoms with Crippen molar-refractivity contribution in [3.05, 3.63) is 120 Å². The van der Waals surface area contributed by atoms with Crippen molar-refractivity contribution < 1.29 is 23.8 Å². The molecular formula is C27H22N2O5. The van der Waals surface area contributed by atoms with E-state index in [-0.39, 0.29) is 0 Å². The van der Waals surface area contributed by atoms with E-state index in [1.807, 2.05) is 0 Å². The van der Waals surface area contributed by atoms with Crippen LogP contribution in [0.1, 0.15) is 27.2 Å². The van der Waals surface area contributed by atoms with Crippen LogP contribution in [-0.4, -0.2) is 30.3 Å². The molecule has 2 N–H and O–H groups in total. The molecule has 34 heavy (non-hydrogen) atoms. The highest BCUT2D eigenvalue weighted by molar-refractivity contribution is 5.96. The molecule has 0 unspecified atom stereocenters. The zero-order chi connectivity index (χ0) is 24.0. The Kier molecular flexibility index (Phi) is 6.66. The van der Waals surface area contributed by atoms with Crippen LogP contribution in [0.5, 0.6) is 0 Å². The van der Waals surface area contributed by atoms with Crippen LogP contribution in [0, 0.1) is 0 Å². The minimum atomic E-state index is -1.94. The summed E-state index contributed by atoms with van der Waals surface area (Å²) >= 11 is 0. The number of hydrogen-bond acceptors (Lipinski definition) is 6. The van der Waals surface area contributed by atoms with Crippen molar-refractivity contribution in [3.8, 4) is 11.3 Å². The zero-order valence-electron chi connectivity index (χ0n) is 18.3. The summed E-state index contributed by atoms with van der Waals surface area (Å²) in [6.45, 7) is 0. The predicted octanol–water partition coefficient (Wildman–Crippen LogP) is 4.12. The Hall–Kier alpha value is -4.49. The monoisotopic (exact) mass is 454 g/mol. The second kappa shape index (κ2) is 9.97. The van der Waals surface area contributed by atoms with Gasteiger partial charge in [-0.2, -0.15) is 5.10 Å². The molecule has 7 nitrogen and oxygen atoms in total. The Morgan fingerprint density at radius 1 is 0.882 bits per heavy atom. The highest BCUT2D eigenvalue weighted by Gasteiger charge is 2.39. The molecule has 4 rings (SSSR count).